The number of hydrogen-bond acceptors (Lipinski definition) is 8. The molecule has 0 atom stereocenters. The number of carbonyl (C=O) groups excluding carboxylic acids is 3. The summed E-state index contributed by atoms with van der Waals surface area (Å²) in [5.41, 5.74) is 1.87. The van der Waals surface area contributed by atoms with E-state index in [1.165, 1.54) is 14.0 Å². The fourth-order valence-electron chi connectivity index (χ4n) is 2.55. The molecule has 10 heteroatoms. The van der Waals surface area contributed by atoms with E-state index in [9.17, 15) is 14.4 Å². The van der Waals surface area contributed by atoms with Crippen LogP contribution in [0.15, 0.2) is 34.3 Å². The molecule has 33 heavy (non-hydrogen) atoms. The number of nitrogens with zero attached hydrogens (tertiary/aromatic N) is 2. The minimum atomic E-state index is -0.449. The van der Waals surface area contributed by atoms with Gasteiger partial charge in [-0.25, -0.2) is 9.59 Å². The molecule has 0 spiro atoms. The van der Waals surface area contributed by atoms with E-state index in [0.29, 0.717) is 26.2 Å². The quantitative estimate of drug-likeness (QED) is 0.179. The van der Waals surface area contributed by atoms with Crippen LogP contribution in [0.3, 0.4) is 0 Å². The van der Waals surface area contributed by atoms with E-state index in [1.54, 1.807) is 12.4 Å². The van der Waals surface area contributed by atoms with Crippen molar-refractivity contribution >= 4 is 30.6 Å². The van der Waals surface area contributed by atoms with Gasteiger partial charge in [0.1, 0.15) is 13.2 Å². The van der Waals surface area contributed by atoms with Crippen molar-refractivity contribution in [2.75, 3.05) is 46.5 Å². The second kappa shape index (κ2) is 18.2. The van der Waals surface area contributed by atoms with Gasteiger partial charge in [0.15, 0.2) is 0 Å². The molecule has 0 radical (unpaired) electrons. The van der Waals surface area contributed by atoms with Gasteiger partial charge >= 0.3 is 18.2 Å². The molecule has 2 N–H and O–H groups in total. The predicted molar refractivity (Wildman–Crippen MR) is 126 cm³/mol. The van der Waals surface area contributed by atoms with Crippen molar-refractivity contribution < 1.29 is 28.6 Å². The van der Waals surface area contributed by atoms with Crippen LogP contribution < -0.4 is 10.6 Å². The van der Waals surface area contributed by atoms with E-state index in [0.717, 1.165) is 36.8 Å². The highest BCUT2D eigenvalue weighted by Gasteiger charge is 2.01. The Labute approximate surface area is 194 Å². The fourth-order valence-corrected chi connectivity index (χ4v) is 2.55. The molecular formula is C23H34N4O6. The predicted octanol–water partition coefficient (Wildman–Crippen LogP) is 2.73. The van der Waals surface area contributed by atoms with Crippen LogP contribution in [0, 0.1) is 0 Å². The molecule has 0 aliphatic heterocycles. The monoisotopic (exact) mass is 462 g/mol. The van der Waals surface area contributed by atoms with E-state index in [4.69, 9.17) is 9.47 Å². The number of aliphatic imine (C=N–C) groups is 2. The molecule has 0 saturated heterocycles. The number of hydrogen-bond donors (Lipinski definition) is 2. The Morgan fingerprint density at radius 2 is 1.27 bits per heavy atom. The first kappa shape index (κ1) is 27.6. The Balaban J connectivity index is 2.06. The first-order valence-corrected chi connectivity index (χ1v) is 11.0. The van der Waals surface area contributed by atoms with Gasteiger partial charge in [0.05, 0.1) is 20.2 Å². The lowest BCUT2D eigenvalue weighted by atomic mass is 10.1. The van der Waals surface area contributed by atoms with Crippen molar-refractivity contribution in [2.24, 2.45) is 9.98 Å². The highest BCUT2D eigenvalue weighted by Crippen LogP contribution is 2.01. The number of nitrogens with one attached hydrogen (secondary N) is 2. The number of ether oxygens (including phenoxy) is 3. The largest absolute Gasteiger partial charge is 0.464 e. The van der Waals surface area contributed by atoms with E-state index in [-0.39, 0.29) is 19.2 Å². The molecule has 0 aromatic heterocycles. The number of benzene rings is 1. The summed E-state index contributed by atoms with van der Waals surface area (Å²) < 4.78 is 14.4. The fraction of sp³-hybridized carbons (Fsp3) is 0.522. The summed E-state index contributed by atoms with van der Waals surface area (Å²) in [5.74, 6) is -0.310. The van der Waals surface area contributed by atoms with Crippen molar-refractivity contribution in [1.29, 1.82) is 0 Å². The lowest BCUT2D eigenvalue weighted by Crippen LogP contribution is -2.26. The molecule has 0 aliphatic rings. The third-order valence-electron chi connectivity index (χ3n) is 4.22. The summed E-state index contributed by atoms with van der Waals surface area (Å²) in [5, 5.41) is 5.33. The molecule has 1 rings (SSSR count). The topological polar surface area (TPSA) is 128 Å². The molecule has 182 valence electrons. The first-order valence-electron chi connectivity index (χ1n) is 11.0. The molecule has 0 unspecified atom stereocenters. The number of unbranched alkanes of at least 4 members (excludes halogenated alkanes) is 3. The summed E-state index contributed by atoms with van der Waals surface area (Å²) in [7, 11) is 1.34. The maximum Gasteiger partial charge on any atom is 0.407 e. The van der Waals surface area contributed by atoms with E-state index in [2.05, 4.69) is 25.4 Å². The third-order valence-corrected chi connectivity index (χ3v) is 4.22. The van der Waals surface area contributed by atoms with Gasteiger partial charge in [-0.3, -0.25) is 14.8 Å². The summed E-state index contributed by atoms with van der Waals surface area (Å²) in [4.78, 5) is 41.6. The Morgan fingerprint density at radius 1 is 0.788 bits per heavy atom. The summed E-state index contributed by atoms with van der Waals surface area (Å²) >= 11 is 0. The molecule has 0 heterocycles. The smallest absolute Gasteiger partial charge is 0.407 e. The van der Waals surface area contributed by atoms with Gasteiger partial charge < -0.3 is 24.8 Å². The summed E-state index contributed by atoms with van der Waals surface area (Å²) in [6.07, 6.45) is 6.19. The van der Waals surface area contributed by atoms with Crippen LogP contribution in [0.25, 0.3) is 0 Å². The zero-order valence-electron chi connectivity index (χ0n) is 19.4. The van der Waals surface area contributed by atoms with Crippen LogP contribution in [0.2, 0.25) is 0 Å². The number of alkyl carbamates (subject to hydrolysis) is 2. The molecular weight excluding hydrogens is 428 g/mol. The zero-order valence-corrected chi connectivity index (χ0v) is 19.4. The molecule has 1 aromatic carbocycles. The SMILES string of the molecule is COC(=O)NCCCCCCNC(=O)OCC/N=C/c1ccc(/C=N/CCOC(C)=O)cc1. The van der Waals surface area contributed by atoms with E-state index in [1.807, 2.05) is 24.3 Å². The van der Waals surface area contributed by atoms with Crippen LogP contribution in [-0.2, 0) is 19.0 Å². The lowest BCUT2D eigenvalue weighted by molar-refractivity contribution is -0.140. The van der Waals surface area contributed by atoms with Crippen LogP contribution >= 0.6 is 0 Å². The van der Waals surface area contributed by atoms with Crippen molar-refractivity contribution in [2.45, 2.75) is 32.6 Å². The third kappa shape index (κ3) is 15.9. The van der Waals surface area contributed by atoms with Gasteiger partial charge in [0.2, 0.25) is 0 Å². The van der Waals surface area contributed by atoms with Gasteiger partial charge in [-0.1, -0.05) is 37.1 Å². The maximum atomic E-state index is 11.6. The average Bonchev–Trinajstić information content (AvgIpc) is 2.80. The van der Waals surface area contributed by atoms with Gasteiger partial charge in [0.25, 0.3) is 0 Å². The minimum absolute atomic E-state index is 0.203. The Bertz CT molecular complexity index is 765. The second-order valence-electron chi connectivity index (χ2n) is 6.97. The van der Waals surface area contributed by atoms with Crippen LogP contribution in [0.5, 0.6) is 0 Å². The van der Waals surface area contributed by atoms with Crippen molar-refractivity contribution in [1.82, 2.24) is 10.6 Å². The maximum absolute atomic E-state index is 11.6. The number of amides is 2. The number of methoxy groups -OCH3 is 1. The van der Waals surface area contributed by atoms with Crippen molar-refractivity contribution in [3.63, 3.8) is 0 Å². The molecule has 10 nitrogen and oxygen atoms in total. The van der Waals surface area contributed by atoms with Crippen LogP contribution in [0.1, 0.15) is 43.7 Å². The molecule has 0 saturated carbocycles. The molecule has 0 bridgehead atoms. The Hall–Kier alpha value is -3.43. The highest BCUT2D eigenvalue weighted by atomic mass is 16.5. The Kier molecular flexibility index (Phi) is 15.2. The van der Waals surface area contributed by atoms with Crippen molar-refractivity contribution in [3.05, 3.63) is 35.4 Å². The number of carbonyl (C=O) groups is 3. The molecule has 2 amide bonds. The molecule has 1 aromatic rings. The normalized spacial score (nSPS) is 10.8. The number of rotatable bonds is 15. The van der Waals surface area contributed by atoms with Crippen LogP contribution in [-0.4, -0.2) is 77.1 Å². The van der Waals surface area contributed by atoms with E-state index >= 15 is 0 Å². The van der Waals surface area contributed by atoms with Crippen molar-refractivity contribution in [3.8, 4) is 0 Å². The van der Waals surface area contributed by atoms with Gasteiger partial charge in [0, 0.05) is 32.4 Å². The zero-order chi connectivity index (χ0) is 24.2. The first-order chi connectivity index (χ1) is 16.0. The summed E-state index contributed by atoms with van der Waals surface area (Å²) in [6, 6.07) is 7.65. The second-order valence-corrected chi connectivity index (χ2v) is 6.97. The molecule has 0 fully saturated rings. The average molecular weight is 463 g/mol. The Morgan fingerprint density at radius 3 is 1.76 bits per heavy atom. The minimum Gasteiger partial charge on any atom is -0.464 e. The summed E-state index contributed by atoms with van der Waals surface area (Å²) in [6.45, 7) is 3.77. The van der Waals surface area contributed by atoms with Gasteiger partial charge in [-0.05, 0) is 24.0 Å². The van der Waals surface area contributed by atoms with Gasteiger partial charge in [-0.2, -0.15) is 0 Å². The number of esters is 1. The molecule has 0 aliphatic carbocycles. The van der Waals surface area contributed by atoms with Gasteiger partial charge in [-0.15, -0.1) is 0 Å². The van der Waals surface area contributed by atoms with Crippen LogP contribution in [0.4, 0.5) is 9.59 Å². The van der Waals surface area contributed by atoms with E-state index < -0.39 is 12.2 Å². The lowest BCUT2D eigenvalue weighted by Gasteiger charge is -2.06. The highest BCUT2D eigenvalue weighted by molar-refractivity contribution is 5.84. The standard InChI is InChI=1S/C23H34N4O6/c1-19(28)32-15-13-24-17-20-7-9-21(10-8-20)18-25-14-16-33-23(30)27-12-6-4-3-5-11-26-22(29)31-2/h7-10,17-18H,3-6,11-16H2,1-2H3,(H,26,29)(H,27,30)/b24-17+,25-18+.